The topological polar surface area (TPSA) is 3.24 Å². The third-order valence-corrected chi connectivity index (χ3v) is 27.6. The molecule has 1 aliphatic heterocycles. The third-order valence-electron chi connectivity index (χ3n) is 11.3. The minimum absolute atomic E-state index is 0. The summed E-state index contributed by atoms with van der Waals surface area (Å²) in [5.74, 6) is 0.468. The molecule has 4 aromatic carbocycles. The number of allylic oxidation sites excluding steroid dienone is 4. The molecule has 0 bridgehead atoms. The Morgan fingerprint density at radius 3 is 2.10 bits per heavy atom. The number of halogens is 2. The SMILES string of the molecule is CC1=Cc2c(-c3cccc4ccccc34)ccc(C)c2[CH]1[Zr]([CH3])([CH3])(=[SiH2])[C]1=C(C(C)C)C=C2C1=CC(C)N2c1ccc(C(C)(C)C)cc1.Cl.Cl. The Hall–Kier alpha value is -2.42. The Balaban J connectivity index is 0.00000234. The number of aryl methyl sites for hydroxylation is 1. The van der Waals surface area contributed by atoms with Gasteiger partial charge in [-0.1, -0.05) is 0 Å². The average molecular weight is 786 g/mol. The molecule has 0 spiro atoms. The van der Waals surface area contributed by atoms with Gasteiger partial charge >= 0.3 is 287 Å². The van der Waals surface area contributed by atoms with Crippen LogP contribution in [0.2, 0.25) is 9.26 Å². The second kappa shape index (κ2) is 13.0. The second-order valence-electron chi connectivity index (χ2n) is 16.9. The molecule has 0 aromatic heterocycles. The van der Waals surface area contributed by atoms with E-state index in [0.717, 1.165) is 0 Å². The standard InChI is InChI=1S/C21H26N.C21H17.2CH3.2ClH.H2Si.Zr/c1-14(2)16-12-17-11-15(3)22(20(17)13-16)19-9-7-18(8-10-19)21(4,5)6;1-14-12-20-15(2)10-11-19(21(20)13-14)18-9-5-7-16-6-3-4-8-17(16)18;;;;;;/h7-11,13-15H,1-6H3;3-13H,1-2H3;2*1H3;2*1H;1H2;. The van der Waals surface area contributed by atoms with Crippen LogP contribution in [0.5, 0.6) is 0 Å². The van der Waals surface area contributed by atoms with Gasteiger partial charge in [-0.05, 0) is 0 Å². The van der Waals surface area contributed by atoms with Crippen molar-refractivity contribution in [2.24, 2.45) is 5.92 Å². The van der Waals surface area contributed by atoms with Gasteiger partial charge in [-0.3, -0.25) is 0 Å². The Morgan fingerprint density at radius 2 is 1.45 bits per heavy atom. The number of nitrogens with zero attached hydrogens (tertiary/aromatic N) is 1. The molecule has 0 saturated carbocycles. The van der Waals surface area contributed by atoms with Crippen LogP contribution in [0.3, 0.4) is 0 Å². The molecular weight excluding hydrogens is 733 g/mol. The molecule has 1 nitrogen and oxygen atoms in total. The molecule has 0 amide bonds. The molecule has 256 valence electrons. The normalized spacial score (nSPS) is 18.9. The monoisotopic (exact) mass is 783 g/mol. The molecule has 2 atom stereocenters. The quantitative estimate of drug-likeness (QED) is 0.182. The third kappa shape index (κ3) is 6.05. The minimum atomic E-state index is -3.81. The van der Waals surface area contributed by atoms with E-state index in [2.05, 4.69) is 174 Å². The number of benzene rings is 4. The van der Waals surface area contributed by atoms with E-state index in [0.29, 0.717) is 15.6 Å². The first kappa shape index (κ1) is 37.8. The average Bonchev–Trinajstić information content (AvgIpc) is 3.66. The smallest absolute Gasteiger partial charge is 0.147 e. The maximum atomic E-state index is 2.75. The fraction of sp³-hybridized carbons (Fsp3) is 0.318. The molecular formula is C44H53Cl2NSiZr. The number of rotatable bonds is 5. The van der Waals surface area contributed by atoms with Crippen molar-refractivity contribution in [2.75, 3.05) is 4.90 Å². The van der Waals surface area contributed by atoms with Crippen LogP contribution in [0.15, 0.2) is 117 Å². The zero-order valence-corrected chi connectivity index (χ0v) is 36.4. The molecule has 4 aromatic rings. The molecule has 5 heteroatoms. The van der Waals surface area contributed by atoms with Crippen molar-refractivity contribution in [2.45, 2.75) is 79.7 Å². The number of hydrogen-bond acceptors (Lipinski definition) is 1. The Morgan fingerprint density at radius 1 is 0.796 bits per heavy atom. The molecule has 0 N–H and O–H groups in total. The van der Waals surface area contributed by atoms with Crippen LogP contribution in [0.1, 0.15) is 74.3 Å². The van der Waals surface area contributed by atoms with E-state index in [4.69, 9.17) is 0 Å². The van der Waals surface area contributed by atoms with Crippen LogP contribution < -0.4 is 4.90 Å². The minimum Gasteiger partial charge on any atom is -0.147 e. The van der Waals surface area contributed by atoms with Crippen LogP contribution >= 0.6 is 24.8 Å². The summed E-state index contributed by atoms with van der Waals surface area (Å²) >= 11 is -3.81. The van der Waals surface area contributed by atoms with Crippen LogP contribution in [0, 0.1) is 12.8 Å². The molecule has 49 heavy (non-hydrogen) atoms. The van der Waals surface area contributed by atoms with Crippen molar-refractivity contribution in [3.8, 4) is 11.1 Å². The molecule has 0 fully saturated rings. The molecule has 0 radical (unpaired) electrons. The Bertz CT molecular complexity index is 2160. The largest absolute Gasteiger partial charge is 0.147 e. The van der Waals surface area contributed by atoms with Crippen molar-refractivity contribution in [1.29, 1.82) is 0 Å². The molecule has 3 aliphatic rings. The fourth-order valence-electron chi connectivity index (χ4n) is 9.21. The summed E-state index contributed by atoms with van der Waals surface area (Å²) in [5.41, 5.74) is 16.1. The van der Waals surface area contributed by atoms with E-state index in [1.807, 2.05) is 0 Å². The van der Waals surface area contributed by atoms with E-state index in [1.54, 1.807) is 20.0 Å². The van der Waals surface area contributed by atoms with Crippen molar-refractivity contribution in [3.63, 3.8) is 0 Å². The van der Waals surface area contributed by atoms with E-state index < -0.39 is 17.4 Å². The number of anilines is 1. The van der Waals surface area contributed by atoms with E-state index in [9.17, 15) is 0 Å². The van der Waals surface area contributed by atoms with E-state index in [1.165, 1.54) is 55.5 Å². The predicted molar refractivity (Wildman–Crippen MR) is 220 cm³/mol. The first-order valence-corrected chi connectivity index (χ1v) is 31.0. The van der Waals surface area contributed by atoms with Gasteiger partial charge in [0, 0.05) is 0 Å². The fourth-order valence-corrected chi connectivity index (χ4v) is 28.3. The van der Waals surface area contributed by atoms with Crippen molar-refractivity contribution in [3.05, 3.63) is 139 Å². The maximum absolute atomic E-state index is 3.81. The van der Waals surface area contributed by atoms with Gasteiger partial charge in [0.1, 0.15) is 0 Å². The van der Waals surface area contributed by atoms with Gasteiger partial charge in [-0.15, -0.1) is 24.8 Å². The summed E-state index contributed by atoms with van der Waals surface area (Å²) in [6.07, 6.45) is 7.73. The predicted octanol–water partition coefficient (Wildman–Crippen LogP) is 12.4. The first-order chi connectivity index (χ1) is 22.1. The summed E-state index contributed by atoms with van der Waals surface area (Å²) in [6, 6.07) is 30.1. The van der Waals surface area contributed by atoms with Gasteiger partial charge in [0.15, 0.2) is 0 Å². The van der Waals surface area contributed by atoms with Crippen LogP contribution in [-0.4, -0.2) is 12.9 Å². The molecule has 1 heterocycles. The second-order valence-corrected chi connectivity index (χ2v) is 46.3. The number of fused-ring (bicyclic) bond motifs is 3. The zero-order chi connectivity index (χ0) is 33.7. The molecule has 2 aliphatic carbocycles. The van der Waals surface area contributed by atoms with E-state index >= 15 is 0 Å². The van der Waals surface area contributed by atoms with Gasteiger partial charge < -0.3 is 0 Å². The summed E-state index contributed by atoms with van der Waals surface area (Å²) in [5, 5.41) is 2.64. The summed E-state index contributed by atoms with van der Waals surface area (Å²) in [7, 11) is 0. The van der Waals surface area contributed by atoms with Gasteiger partial charge in [-0.25, -0.2) is 0 Å². The first-order valence-electron chi connectivity index (χ1n) is 17.5. The van der Waals surface area contributed by atoms with Crippen LogP contribution in [0.25, 0.3) is 28.0 Å². The summed E-state index contributed by atoms with van der Waals surface area (Å²) in [6.45, 7) is 21.3. The van der Waals surface area contributed by atoms with Gasteiger partial charge in [0.2, 0.25) is 0 Å². The van der Waals surface area contributed by atoms with Crippen LogP contribution in [0.4, 0.5) is 5.69 Å². The molecule has 2 unspecified atom stereocenters. The Labute approximate surface area is 310 Å². The van der Waals surface area contributed by atoms with Crippen molar-refractivity contribution >= 4 is 54.2 Å². The summed E-state index contributed by atoms with van der Waals surface area (Å²) in [4.78, 5) is 2.60. The maximum Gasteiger partial charge on any atom is -0.147 e. The summed E-state index contributed by atoms with van der Waals surface area (Å²) < 4.78 is 7.70. The van der Waals surface area contributed by atoms with Crippen molar-refractivity contribution < 1.29 is 17.4 Å². The Kier molecular flexibility index (Phi) is 10.0. The van der Waals surface area contributed by atoms with Gasteiger partial charge in [0.25, 0.3) is 0 Å². The van der Waals surface area contributed by atoms with Crippen molar-refractivity contribution in [1.82, 2.24) is 0 Å². The molecule has 0 saturated heterocycles. The molecule has 7 rings (SSSR count). The number of hydrogen-bond donors (Lipinski definition) is 0. The van der Waals surface area contributed by atoms with E-state index in [-0.39, 0.29) is 30.2 Å². The van der Waals surface area contributed by atoms with Gasteiger partial charge in [-0.2, -0.15) is 0 Å². The van der Waals surface area contributed by atoms with Gasteiger partial charge in [0.05, 0.1) is 0 Å². The zero-order valence-electron chi connectivity index (χ0n) is 30.9. The van der Waals surface area contributed by atoms with Crippen LogP contribution in [-0.2, 0) is 22.8 Å².